The molecule has 0 unspecified atom stereocenters. The van der Waals surface area contributed by atoms with Crippen LogP contribution in [0, 0.1) is 17.0 Å². The fourth-order valence-corrected chi connectivity index (χ4v) is 5.11. The van der Waals surface area contributed by atoms with Gasteiger partial charge in [-0.25, -0.2) is 8.42 Å². The maximum Gasteiger partial charge on any atom is 0.290 e. The van der Waals surface area contributed by atoms with Crippen LogP contribution >= 0.6 is 11.6 Å². The van der Waals surface area contributed by atoms with Crippen molar-refractivity contribution in [2.24, 2.45) is 0 Å². The van der Waals surface area contributed by atoms with Gasteiger partial charge in [-0.3, -0.25) is 10.1 Å². The first-order valence-electron chi connectivity index (χ1n) is 8.52. The zero-order chi connectivity index (χ0) is 19.7. The van der Waals surface area contributed by atoms with Crippen molar-refractivity contribution in [3.05, 3.63) is 45.1 Å². The van der Waals surface area contributed by atoms with Crippen LogP contribution in [0.2, 0.25) is 5.02 Å². The Balaban J connectivity index is 2.07. The number of sulfonamides is 1. The maximum absolute atomic E-state index is 13.1. The van der Waals surface area contributed by atoms with Gasteiger partial charge in [0, 0.05) is 18.0 Å². The van der Waals surface area contributed by atoms with Crippen molar-refractivity contribution in [1.82, 2.24) is 14.9 Å². The first-order valence-corrected chi connectivity index (χ1v) is 10.4. The van der Waals surface area contributed by atoms with Gasteiger partial charge in [0.2, 0.25) is 15.9 Å². The normalized spacial score (nSPS) is 17.4. The number of rotatable bonds is 5. The summed E-state index contributed by atoms with van der Waals surface area (Å²) in [4.78, 5) is 14.4. The second kappa shape index (κ2) is 7.53. The van der Waals surface area contributed by atoms with E-state index in [2.05, 4.69) is 14.9 Å². The SMILES string of the molecule is Cc1nc(C2(NS(=O)(=O)c3ccc(Cl)cc3[N+](=O)[O-])CCCCCC2)no1. The predicted octanol–water partition coefficient (Wildman–Crippen LogP) is 3.47. The summed E-state index contributed by atoms with van der Waals surface area (Å²) in [5.41, 5.74) is -1.65. The second-order valence-electron chi connectivity index (χ2n) is 6.61. The monoisotopic (exact) mass is 414 g/mol. The molecule has 0 spiro atoms. The number of hydrogen-bond acceptors (Lipinski definition) is 7. The summed E-state index contributed by atoms with van der Waals surface area (Å²) in [5.74, 6) is 0.576. The average molecular weight is 415 g/mol. The Morgan fingerprint density at radius 3 is 2.48 bits per heavy atom. The maximum atomic E-state index is 13.1. The summed E-state index contributed by atoms with van der Waals surface area (Å²) in [6, 6.07) is 3.46. The van der Waals surface area contributed by atoms with E-state index in [0.717, 1.165) is 37.8 Å². The molecule has 0 bridgehead atoms. The lowest BCUT2D eigenvalue weighted by molar-refractivity contribution is -0.387. The van der Waals surface area contributed by atoms with Gasteiger partial charge in [-0.15, -0.1) is 0 Å². The molecule has 2 aromatic rings. The van der Waals surface area contributed by atoms with Gasteiger partial charge in [0.05, 0.1) is 10.5 Å². The molecule has 1 aromatic heterocycles. The summed E-state index contributed by atoms with van der Waals surface area (Å²) in [7, 11) is -4.24. The van der Waals surface area contributed by atoms with Crippen LogP contribution in [0.15, 0.2) is 27.6 Å². The van der Waals surface area contributed by atoms with E-state index < -0.39 is 31.1 Å². The zero-order valence-corrected chi connectivity index (χ0v) is 16.2. The molecule has 9 nitrogen and oxygen atoms in total. The number of aromatic nitrogens is 2. The van der Waals surface area contributed by atoms with Crippen LogP contribution in [0.1, 0.15) is 50.2 Å². The van der Waals surface area contributed by atoms with Crippen molar-refractivity contribution in [2.75, 3.05) is 0 Å². The average Bonchev–Trinajstić information content (AvgIpc) is 2.90. The Morgan fingerprint density at radius 2 is 1.93 bits per heavy atom. The van der Waals surface area contributed by atoms with Gasteiger partial charge in [0.1, 0.15) is 0 Å². The number of nitrogens with zero attached hydrogens (tertiary/aromatic N) is 3. The van der Waals surface area contributed by atoms with Crippen LogP contribution in [0.25, 0.3) is 0 Å². The van der Waals surface area contributed by atoms with E-state index in [1.807, 2.05) is 0 Å². The van der Waals surface area contributed by atoms with Gasteiger partial charge in [-0.05, 0) is 25.0 Å². The number of aryl methyl sites for hydroxylation is 1. The number of nitro benzene ring substituents is 1. The van der Waals surface area contributed by atoms with E-state index >= 15 is 0 Å². The van der Waals surface area contributed by atoms with Gasteiger partial charge in [-0.1, -0.05) is 42.4 Å². The molecule has 0 amide bonds. The summed E-state index contributed by atoms with van der Waals surface area (Å²) < 4.78 is 33.9. The number of nitrogens with one attached hydrogen (secondary N) is 1. The van der Waals surface area contributed by atoms with Crippen molar-refractivity contribution >= 4 is 27.3 Å². The molecular formula is C16H19ClN4O5S. The van der Waals surface area contributed by atoms with Crippen LogP contribution in [0.5, 0.6) is 0 Å². The minimum Gasteiger partial charge on any atom is -0.340 e. The lowest BCUT2D eigenvalue weighted by Gasteiger charge is -2.30. The molecule has 0 radical (unpaired) electrons. The number of hydrogen-bond donors (Lipinski definition) is 1. The molecule has 1 aromatic carbocycles. The second-order valence-corrected chi connectivity index (χ2v) is 8.70. The highest BCUT2D eigenvalue weighted by Crippen LogP contribution is 2.37. The molecule has 0 atom stereocenters. The molecule has 146 valence electrons. The van der Waals surface area contributed by atoms with Crippen molar-refractivity contribution in [2.45, 2.75) is 55.9 Å². The summed E-state index contributed by atoms with van der Waals surface area (Å²) in [5, 5.41) is 15.4. The first-order chi connectivity index (χ1) is 12.7. The molecule has 1 heterocycles. The molecule has 1 aliphatic carbocycles. The number of benzene rings is 1. The van der Waals surface area contributed by atoms with Crippen LogP contribution in [0.4, 0.5) is 5.69 Å². The number of halogens is 1. The summed E-state index contributed by atoms with van der Waals surface area (Å²) in [6.45, 7) is 1.62. The number of nitro groups is 1. The Morgan fingerprint density at radius 1 is 1.26 bits per heavy atom. The molecule has 3 rings (SSSR count). The topological polar surface area (TPSA) is 128 Å². The van der Waals surface area contributed by atoms with Gasteiger partial charge < -0.3 is 4.52 Å². The minimum absolute atomic E-state index is 0.0821. The van der Waals surface area contributed by atoms with E-state index in [1.165, 1.54) is 6.07 Å². The van der Waals surface area contributed by atoms with Crippen LogP contribution < -0.4 is 4.72 Å². The van der Waals surface area contributed by atoms with E-state index in [9.17, 15) is 18.5 Å². The zero-order valence-electron chi connectivity index (χ0n) is 14.6. The molecule has 0 aliphatic heterocycles. The van der Waals surface area contributed by atoms with Crippen LogP contribution in [-0.4, -0.2) is 23.5 Å². The Kier molecular flexibility index (Phi) is 5.50. The fraction of sp³-hybridized carbons (Fsp3) is 0.500. The Bertz CT molecular complexity index is 951. The van der Waals surface area contributed by atoms with Crippen molar-refractivity contribution in [3.8, 4) is 0 Å². The molecule has 0 saturated heterocycles. The molecule has 27 heavy (non-hydrogen) atoms. The molecular weight excluding hydrogens is 396 g/mol. The van der Waals surface area contributed by atoms with Crippen LogP contribution in [0.3, 0.4) is 0 Å². The summed E-state index contributed by atoms with van der Waals surface area (Å²) in [6.07, 6.45) is 4.43. The largest absolute Gasteiger partial charge is 0.340 e. The Labute approximate surface area is 161 Å². The standard InChI is InChI=1S/C16H19ClN4O5S/c1-11-18-15(19-26-11)16(8-4-2-3-5-9-16)20-27(24,25)14-7-6-12(17)10-13(14)21(22)23/h6-7,10,20H,2-5,8-9H2,1H3. The third-order valence-electron chi connectivity index (χ3n) is 4.65. The van der Waals surface area contributed by atoms with Gasteiger partial charge in [-0.2, -0.15) is 9.71 Å². The van der Waals surface area contributed by atoms with E-state index in [0.29, 0.717) is 18.7 Å². The lowest BCUT2D eigenvalue weighted by Crippen LogP contribution is -2.46. The lowest BCUT2D eigenvalue weighted by atomic mass is 9.91. The highest BCUT2D eigenvalue weighted by atomic mass is 35.5. The van der Waals surface area contributed by atoms with Gasteiger partial charge >= 0.3 is 0 Å². The molecule has 1 N–H and O–H groups in total. The van der Waals surface area contributed by atoms with Gasteiger partial charge in [0.15, 0.2) is 10.7 Å². The highest BCUT2D eigenvalue weighted by Gasteiger charge is 2.42. The van der Waals surface area contributed by atoms with E-state index in [-0.39, 0.29) is 10.8 Å². The fourth-order valence-electron chi connectivity index (χ4n) is 3.37. The smallest absolute Gasteiger partial charge is 0.290 e. The first kappa shape index (κ1) is 19.7. The summed E-state index contributed by atoms with van der Waals surface area (Å²) >= 11 is 5.80. The minimum atomic E-state index is -4.24. The third kappa shape index (κ3) is 4.12. The Hall–Kier alpha value is -2.04. The highest BCUT2D eigenvalue weighted by molar-refractivity contribution is 7.89. The predicted molar refractivity (Wildman–Crippen MR) is 96.8 cm³/mol. The molecule has 11 heteroatoms. The quantitative estimate of drug-likeness (QED) is 0.450. The van der Waals surface area contributed by atoms with Crippen LogP contribution in [-0.2, 0) is 15.6 Å². The van der Waals surface area contributed by atoms with E-state index in [4.69, 9.17) is 16.1 Å². The third-order valence-corrected chi connectivity index (χ3v) is 6.47. The molecule has 1 saturated carbocycles. The van der Waals surface area contributed by atoms with Crippen molar-refractivity contribution in [1.29, 1.82) is 0 Å². The molecule has 1 aliphatic rings. The van der Waals surface area contributed by atoms with Crippen molar-refractivity contribution < 1.29 is 17.9 Å². The molecule has 1 fully saturated rings. The van der Waals surface area contributed by atoms with E-state index in [1.54, 1.807) is 6.92 Å². The van der Waals surface area contributed by atoms with Crippen molar-refractivity contribution in [3.63, 3.8) is 0 Å². The van der Waals surface area contributed by atoms with Gasteiger partial charge in [0.25, 0.3) is 5.69 Å².